The summed E-state index contributed by atoms with van der Waals surface area (Å²) in [5.41, 5.74) is 12.6. The van der Waals surface area contributed by atoms with E-state index in [2.05, 4.69) is 18.7 Å². The van der Waals surface area contributed by atoms with Crippen LogP contribution in [-0.4, -0.2) is 19.2 Å². The minimum absolute atomic E-state index is 0.116. The van der Waals surface area contributed by atoms with Crippen molar-refractivity contribution >= 4 is 0 Å². The largest absolute Gasteiger partial charge is 0.494 e. The molecule has 1 aromatic rings. The third-order valence-corrected chi connectivity index (χ3v) is 3.10. The Labute approximate surface area is 116 Å². The lowest BCUT2D eigenvalue weighted by molar-refractivity contribution is 0.308. The molecule has 0 radical (unpaired) electrons. The SMILES string of the molecule is C=CC(N)CCCc1ccc(OCCCCN)cc1. The lowest BCUT2D eigenvalue weighted by atomic mass is 10.1. The Morgan fingerprint density at radius 2 is 1.89 bits per heavy atom. The van der Waals surface area contributed by atoms with E-state index in [1.54, 1.807) is 6.08 Å². The molecule has 0 saturated heterocycles. The number of benzene rings is 1. The van der Waals surface area contributed by atoms with Gasteiger partial charge in [-0.3, -0.25) is 0 Å². The molecule has 0 amide bonds. The highest BCUT2D eigenvalue weighted by atomic mass is 16.5. The lowest BCUT2D eigenvalue weighted by Crippen LogP contribution is -2.16. The van der Waals surface area contributed by atoms with E-state index in [0.29, 0.717) is 0 Å². The summed E-state index contributed by atoms with van der Waals surface area (Å²) in [7, 11) is 0. The first kappa shape index (κ1) is 15.7. The minimum atomic E-state index is 0.116. The van der Waals surface area contributed by atoms with Crippen LogP contribution in [-0.2, 0) is 6.42 Å². The number of rotatable bonds is 10. The van der Waals surface area contributed by atoms with Gasteiger partial charge in [0.1, 0.15) is 5.75 Å². The molecule has 1 unspecified atom stereocenters. The van der Waals surface area contributed by atoms with E-state index >= 15 is 0 Å². The Morgan fingerprint density at radius 1 is 1.16 bits per heavy atom. The maximum atomic E-state index is 5.79. The van der Waals surface area contributed by atoms with Crippen LogP contribution in [0.1, 0.15) is 31.2 Å². The zero-order valence-corrected chi connectivity index (χ0v) is 11.7. The Morgan fingerprint density at radius 3 is 2.53 bits per heavy atom. The summed E-state index contributed by atoms with van der Waals surface area (Å²) in [5, 5.41) is 0. The van der Waals surface area contributed by atoms with Gasteiger partial charge in [0, 0.05) is 6.04 Å². The second-order valence-corrected chi connectivity index (χ2v) is 4.78. The van der Waals surface area contributed by atoms with Crippen molar-refractivity contribution < 1.29 is 4.74 Å². The van der Waals surface area contributed by atoms with Crippen LogP contribution in [0.2, 0.25) is 0 Å². The minimum Gasteiger partial charge on any atom is -0.494 e. The van der Waals surface area contributed by atoms with Gasteiger partial charge in [-0.2, -0.15) is 0 Å². The summed E-state index contributed by atoms with van der Waals surface area (Å²) in [4.78, 5) is 0. The first-order valence-corrected chi connectivity index (χ1v) is 7.06. The van der Waals surface area contributed by atoms with Gasteiger partial charge in [0.25, 0.3) is 0 Å². The van der Waals surface area contributed by atoms with E-state index in [1.807, 2.05) is 12.1 Å². The van der Waals surface area contributed by atoms with Gasteiger partial charge in [-0.1, -0.05) is 18.2 Å². The standard InChI is InChI=1S/C16H26N2O/c1-2-15(18)7-5-6-14-8-10-16(11-9-14)19-13-4-3-12-17/h2,8-11,15H,1,3-7,12-13,17-18H2. The van der Waals surface area contributed by atoms with Crippen molar-refractivity contribution in [1.29, 1.82) is 0 Å². The van der Waals surface area contributed by atoms with Crippen molar-refractivity contribution in [1.82, 2.24) is 0 Å². The first-order valence-electron chi connectivity index (χ1n) is 7.06. The highest BCUT2D eigenvalue weighted by molar-refractivity contribution is 5.27. The van der Waals surface area contributed by atoms with Crippen molar-refractivity contribution in [3.8, 4) is 5.75 Å². The molecule has 4 N–H and O–H groups in total. The normalized spacial score (nSPS) is 12.1. The number of unbranched alkanes of at least 4 members (excludes halogenated alkanes) is 1. The van der Waals surface area contributed by atoms with Crippen LogP contribution in [0, 0.1) is 0 Å². The zero-order valence-electron chi connectivity index (χ0n) is 11.7. The Bertz CT molecular complexity index is 348. The molecule has 0 bridgehead atoms. The van der Waals surface area contributed by atoms with Crippen molar-refractivity contribution in [2.45, 2.75) is 38.1 Å². The summed E-state index contributed by atoms with van der Waals surface area (Å²) in [6.45, 7) is 5.16. The fourth-order valence-corrected chi connectivity index (χ4v) is 1.85. The van der Waals surface area contributed by atoms with E-state index in [9.17, 15) is 0 Å². The summed E-state index contributed by atoms with van der Waals surface area (Å²) >= 11 is 0. The molecule has 0 aliphatic heterocycles. The van der Waals surface area contributed by atoms with Gasteiger partial charge in [-0.15, -0.1) is 6.58 Å². The van der Waals surface area contributed by atoms with Gasteiger partial charge in [0.05, 0.1) is 6.61 Å². The highest BCUT2D eigenvalue weighted by Crippen LogP contribution is 2.14. The van der Waals surface area contributed by atoms with E-state index in [-0.39, 0.29) is 6.04 Å². The summed E-state index contributed by atoms with van der Waals surface area (Å²) in [5.74, 6) is 0.934. The molecule has 1 aromatic carbocycles. The predicted octanol–water partition coefficient (Wildman–Crippen LogP) is 2.64. The van der Waals surface area contributed by atoms with Gasteiger partial charge in [0.15, 0.2) is 0 Å². The van der Waals surface area contributed by atoms with Crippen molar-refractivity contribution in [2.75, 3.05) is 13.2 Å². The maximum Gasteiger partial charge on any atom is 0.119 e. The summed E-state index contributed by atoms with van der Waals surface area (Å²) < 4.78 is 5.63. The molecule has 0 aliphatic rings. The second kappa shape index (κ2) is 9.59. The number of ether oxygens (including phenoxy) is 1. The topological polar surface area (TPSA) is 61.3 Å². The van der Waals surface area contributed by atoms with Gasteiger partial charge < -0.3 is 16.2 Å². The first-order chi connectivity index (χ1) is 9.26. The second-order valence-electron chi connectivity index (χ2n) is 4.78. The van der Waals surface area contributed by atoms with Crippen molar-refractivity contribution in [3.05, 3.63) is 42.5 Å². The van der Waals surface area contributed by atoms with E-state index in [1.165, 1.54) is 5.56 Å². The van der Waals surface area contributed by atoms with Crippen LogP contribution >= 0.6 is 0 Å². The van der Waals surface area contributed by atoms with Crippen LogP contribution < -0.4 is 16.2 Å². The van der Waals surface area contributed by atoms with Gasteiger partial charge >= 0.3 is 0 Å². The van der Waals surface area contributed by atoms with Crippen LogP contribution in [0.15, 0.2) is 36.9 Å². The lowest BCUT2D eigenvalue weighted by Gasteiger charge is -2.08. The quantitative estimate of drug-likeness (QED) is 0.503. The van der Waals surface area contributed by atoms with Gasteiger partial charge in [-0.05, 0) is 56.3 Å². The Balaban J connectivity index is 2.25. The monoisotopic (exact) mass is 262 g/mol. The molecular formula is C16H26N2O. The number of aryl methyl sites for hydroxylation is 1. The molecule has 0 aromatic heterocycles. The average molecular weight is 262 g/mol. The molecule has 1 atom stereocenters. The fraction of sp³-hybridized carbons (Fsp3) is 0.500. The van der Waals surface area contributed by atoms with Crippen LogP contribution in [0.4, 0.5) is 0 Å². The Hall–Kier alpha value is -1.32. The van der Waals surface area contributed by atoms with E-state index in [4.69, 9.17) is 16.2 Å². The number of nitrogens with two attached hydrogens (primary N) is 2. The molecular weight excluding hydrogens is 236 g/mol. The summed E-state index contributed by atoms with van der Waals surface area (Å²) in [6.07, 6.45) is 6.96. The highest BCUT2D eigenvalue weighted by Gasteiger charge is 1.99. The molecule has 1 rings (SSSR count). The predicted molar refractivity (Wildman–Crippen MR) is 81.3 cm³/mol. The molecule has 0 fully saturated rings. The molecule has 3 nitrogen and oxygen atoms in total. The third kappa shape index (κ3) is 6.99. The van der Waals surface area contributed by atoms with Crippen molar-refractivity contribution in [2.24, 2.45) is 11.5 Å². The fourth-order valence-electron chi connectivity index (χ4n) is 1.85. The van der Waals surface area contributed by atoms with Crippen molar-refractivity contribution in [3.63, 3.8) is 0 Å². The number of hydrogen-bond donors (Lipinski definition) is 2. The molecule has 0 aliphatic carbocycles. The zero-order chi connectivity index (χ0) is 13.9. The van der Waals surface area contributed by atoms with E-state index in [0.717, 1.165) is 51.0 Å². The maximum absolute atomic E-state index is 5.79. The smallest absolute Gasteiger partial charge is 0.119 e. The molecule has 0 spiro atoms. The van der Waals surface area contributed by atoms with E-state index < -0.39 is 0 Å². The molecule has 19 heavy (non-hydrogen) atoms. The van der Waals surface area contributed by atoms with Crippen LogP contribution in [0.3, 0.4) is 0 Å². The molecule has 106 valence electrons. The van der Waals surface area contributed by atoms with Crippen LogP contribution in [0.25, 0.3) is 0 Å². The van der Waals surface area contributed by atoms with Gasteiger partial charge in [0.2, 0.25) is 0 Å². The van der Waals surface area contributed by atoms with Gasteiger partial charge in [-0.25, -0.2) is 0 Å². The Kier molecular flexibility index (Phi) is 7.94. The summed E-state index contributed by atoms with van der Waals surface area (Å²) in [6, 6.07) is 8.43. The molecule has 0 saturated carbocycles. The number of hydrogen-bond acceptors (Lipinski definition) is 3. The van der Waals surface area contributed by atoms with Crippen LogP contribution in [0.5, 0.6) is 5.75 Å². The third-order valence-electron chi connectivity index (χ3n) is 3.10. The molecule has 3 heteroatoms. The molecule has 0 heterocycles. The average Bonchev–Trinajstić information content (AvgIpc) is 2.45.